The standard InChI is InChI=1S/C9H13N3O/c10-6-9(3-4-9)12-5-1-2-7(12)8(11)13/h7H,1-5H2,(H2,11,13). The second kappa shape index (κ2) is 2.71. The molecule has 13 heavy (non-hydrogen) atoms. The Labute approximate surface area is 77.3 Å². The van der Waals surface area contributed by atoms with E-state index in [1.54, 1.807) is 0 Å². The van der Waals surface area contributed by atoms with Crippen LogP contribution >= 0.6 is 0 Å². The van der Waals surface area contributed by atoms with Gasteiger partial charge in [0.05, 0.1) is 12.1 Å². The third-order valence-corrected chi connectivity index (χ3v) is 3.06. The number of nitrogens with zero attached hydrogens (tertiary/aromatic N) is 2. The fourth-order valence-electron chi connectivity index (χ4n) is 2.16. The Morgan fingerprint density at radius 3 is 2.77 bits per heavy atom. The van der Waals surface area contributed by atoms with Crippen LogP contribution in [0.2, 0.25) is 0 Å². The molecule has 1 unspecified atom stereocenters. The van der Waals surface area contributed by atoms with Crippen LogP contribution in [-0.2, 0) is 4.79 Å². The van der Waals surface area contributed by atoms with Gasteiger partial charge in [-0.1, -0.05) is 0 Å². The number of primary amides is 1. The molecule has 4 heteroatoms. The van der Waals surface area contributed by atoms with Gasteiger partial charge in [0.15, 0.2) is 0 Å². The van der Waals surface area contributed by atoms with E-state index in [2.05, 4.69) is 6.07 Å². The highest BCUT2D eigenvalue weighted by Gasteiger charge is 2.53. The Kier molecular flexibility index (Phi) is 1.77. The molecule has 0 aromatic carbocycles. The fourth-order valence-corrected chi connectivity index (χ4v) is 2.16. The first-order valence-electron chi connectivity index (χ1n) is 4.67. The summed E-state index contributed by atoms with van der Waals surface area (Å²) >= 11 is 0. The SMILES string of the molecule is N#CC1(N2CCCC2C(N)=O)CC1. The Bertz CT molecular complexity index is 277. The largest absolute Gasteiger partial charge is 0.368 e. The van der Waals surface area contributed by atoms with Gasteiger partial charge in [-0.15, -0.1) is 0 Å². The van der Waals surface area contributed by atoms with Crippen LogP contribution in [0.5, 0.6) is 0 Å². The van der Waals surface area contributed by atoms with Crippen LogP contribution < -0.4 is 5.73 Å². The molecule has 0 bridgehead atoms. The molecule has 1 saturated heterocycles. The molecule has 1 atom stereocenters. The Balaban J connectivity index is 2.15. The first-order chi connectivity index (χ1) is 6.19. The molecule has 1 aliphatic heterocycles. The first-order valence-corrected chi connectivity index (χ1v) is 4.67. The summed E-state index contributed by atoms with van der Waals surface area (Å²) in [5.74, 6) is -0.279. The molecule has 1 saturated carbocycles. The molecule has 2 fully saturated rings. The summed E-state index contributed by atoms with van der Waals surface area (Å²) in [6.07, 6.45) is 3.59. The summed E-state index contributed by atoms with van der Waals surface area (Å²) in [5, 5.41) is 8.97. The lowest BCUT2D eigenvalue weighted by molar-refractivity contribution is -0.122. The molecule has 4 nitrogen and oxygen atoms in total. The van der Waals surface area contributed by atoms with Gasteiger partial charge < -0.3 is 5.73 Å². The van der Waals surface area contributed by atoms with E-state index in [0.717, 1.165) is 32.2 Å². The molecule has 0 aromatic rings. The number of likely N-dealkylation sites (tertiary alicyclic amines) is 1. The number of hydrogen-bond donors (Lipinski definition) is 1. The van der Waals surface area contributed by atoms with Gasteiger partial charge in [-0.2, -0.15) is 5.26 Å². The normalized spacial score (nSPS) is 31.2. The number of amides is 1. The highest BCUT2D eigenvalue weighted by molar-refractivity contribution is 5.80. The molecule has 0 spiro atoms. The summed E-state index contributed by atoms with van der Waals surface area (Å²) in [5.41, 5.74) is 4.94. The van der Waals surface area contributed by atoms with Gasteiger partial charge in [0, 0.05) is 6.54 Å². The predicted octanol–water partition coefficient (Wildman–Crippen LogP) is -0.00772. The average Bonchev–Trinajstić information content (AvgIpc) is 2.74. The zero-order valence-corrected chi connectivity index (χ0v) is 7.49. The van der Waals surface area contributed by atoms with Gasteiger partial charge in [0.1, 0.15) is 5.54 Å². The van der Waals surface area contributed by atoms with Gasteiger partial charge in [-0.25, -0.2) is 0 Å². The van der Waals surface area contributed by atoms with Gasteiger partial charge in [-0.05, 0) is 25.7 Å². The summed E-state index contributed by atoms with van der Waals surface area (Å²) in [7, 11) is 0. The number of carbonyl (C=O) groups is 1. The Hall–Kier alpha value is -1.08. The van der Waals surface area contributed by atoms with Gasteiger partial charge in [-0.3, -0.25) is 9.69 Å². The van der Waals surface area contributed by atoms with Crippen molar-refractivity contribution < 1.29 is 4.79 Å². The summed E-state index contributed by atoms with van der Waals surface area (Å²) in [4.78, 5) is 13.1. The maximum Gasteiger partial charge on any atom is 0.234 e. The monoisotopic (exact) mass is 179 g/mol. The molecule has 0 aromatic heterocycles. The summed E-state index contributed by atoms with van der Waals surface area (Å²) in [6.45, 7) is 0.848. The van der Waals surface area contributed by atoms with Gasteiger partial charge >= 0.3 is 0 Å². The molecular weight excluding hydrogens is 166 g/mol. The minimum absolute atomic E-state index is 0.192. The zero-order valence-electron chi connectivity index (χ0n) is 7.49. The van der Waals surface area contributed by atoms with Crippen LogP contribution in [0.4, 0.5) is 0 Å². The molecule has 1 heterocycles. The number of hydrogen-bond acceptors (Lipinski definition) is 3. The number of nitrogens with two attached hydrogens (primary N) is 1. The van der Waals surface area contributed by atoms with Crippen LogP contribution in [0.1, 0.15) is 25.7 Å². The molecule has 2 rings (SSSR count). The number of carbonyl (C=O) groups excluding carboxylic acids is 1. The minimum Gasteiger partial charge on any atom is -0.368 e. The highest BCUT2D eigenvalue weighted by Crippen LogP contribution is 2.44. The maximum absolute atomic E-state index is 11.1. The van der Waals surface area contributed by atoms with E-state index < -0.39 is 0 Å². The molecule has 70 valence electrons. The van der Waals surface area contributed by atoms with Crippen molar-refractivity contribution in [2.45, 2.75) is 37.3 Å². The Morgan fingerprint density at radius 2 is 2.31 bits per heavy atom. The molecule has 2 N–H and O–H groups in total. The van der Waals surface area contributed by atoms with Crippen molar-refractivity contribution in [3.63, 3.8) is 0 Å². The lowest BCUT2D eigenvalue weighted by atomic mass is 10.1. The lowest BCUT2D eigenvalue weighted by Crippen LogP contribution is -2.46. The Morgan fingerprint density at radius 1 is 1.62 bits per heavy atom. The molecule has 0 radical (unpaired) electrons. The minimum atomic E-state index is -0.337. The van der Waals surface area contributed by atoms with Crippen LogP contribution in [0, 0.1) is 11.3 Å². The third kappa shape index (κ3) is 1.20. The van der Waals surface area contributed by atoms with E-state index in [1.807, 2.05) is 4.90 Å². The summed E-state index contributed by atoms with van der Waals surface area (Å²) in [6, 6.07) is 2.10. The van der Waals surface area contributed by atoms with E-state index >= 15 is 0 Å². The van der Waals surface area contributed by atoms with Crippen LogP contribution in [0.15, 0.2) is 0 Å². The van der Waals surface area contributed by atoms with E-state index in [0.29, 0.717) is 0 Å². The van der Waals surface area contributed by atoms with Crippen molar-refractivity contribution in [3.05, 3.63) is 0 Å². The zero-order chi connectivity index (χ0) is 9.47. The predicted molar refractivity (Wildman–Crippen MR) is 46.5 cm³/mol. The second-order valence-electron chi connectivity index (χ2n) is 3.90. The van der Waals surface area contributed by atoms with Crippen molar-refractivity contribution in [1.82, 2.24) is 4.90 Å². The second-order valence-corrected chi connectivity index (χ2v) is 3.90. The van der Waals surface area contributed by atoms with Crippen molar-refractivity contribution in [2.24, 2.45) is 5.73 Å². The van der Waals surface area contributed by atoms with E-state index in [1.165, 1.54) is 0 Å². The topological polar surface area (TPSA) is 70.1 Å². The van der Waals surface area contributed by atoms with Crippen molar-refractivity contribution in [1.29, 1.82) is 5.26 Å². The van der Waals surface area contributed by atoms with E-state index in [9.17, 15) is 4.79 Å². The van der Waals surface area contributed by atoms with Gasteiger partial charge in [0.25, 0.3) is 0 Å². The van der Waals surface area contributed by atoms with Crippen LogP contribution in [-0.4, -0.2) is 28.9 Å². The highest BCUT2D eigenvalue weighted by atomic mass is 16.1. The van der Waals surface area contributed by atoms with Gasteiger partial charge in [0.2, 0.25) is 5.91 Å². The van der Waals surface area contributed by atoms with Crippen molar-refractivity contribution in [3.8, 4) is 6.07 Å². The van der Waals surface area contributed by atoms with Crippen LogP contribution in [0.3, 0.4) is 0 Å². The maximum atomic E-state index is 11.1. The number of rotatable bonds is 2. The smallest absolute Gasteiger partial charge is 0.234 e. The molecule has 1 aliphatic carbocycles. The quantitative estimate of drug-likeness (QED) is 0.648. The fraction of sp³-hybridized carbons (Fsp3) is 0.778. The van der Waals surface area contributed by atoms with Crippen LogP contribution in [0.25, 0.3) is 0 Å². The van der Waals surface area contributed by atoms with Crippen molar-refractivity contribution >= 4 is 5.91 Å². The lowest BCUT2D eigenvalue weighted by Gasteiger charge is -2.26. The van der Waals surface area contributed by atoms with E-state index in [4.69, 9.17) is 11.0 Å². The van der Waals surface area contributed by atoms with E-state index in [-0.39, 0.29) is 17.5 Å². The molecular formula is C9H13N3O. The molecule has 1 amide bonds. The average molecular weight is 179 g/mol. The third-order valence-electron chi connectivity index (χ3n) is 3.06. The molecule has 2 aliphatic rings. The number of nitriles is 1. The first kappa shape index (κ1) is 8.52. The summed E-state index contributed by atoms with van der Waals surface area (Å²) < 4.78 is 0. The van der Waals surface area contributed by atoms with Crippen molar-refractivity contribution in [2.75, 3.05) is 6.54 Å².